The van der Waals surface area contributed by atoms with Gasteiger partial charge in [-0.25, -0.2) is 0 Å². The lowest BCUT2D eigenvalue weighted by molar-refractivity contribution is -0.138. The average Bonchev–Trinajstić information content (AvgIpc) is 2.08. The molecular formula is C6H11NO5. The van der Waals surface area contributed by atoms with E-state index < -0.39 is 12.0 Å². The van der Waals surface area contributed by atoms with Crippen LogP contribution in [0.15, 0.2) is 0 Å². The van der Waals surface area contributed by atoms with Crippen LogP contribution in [0.2, 0.25) is 0 Å². The molecule has 0 aliphatic heterocycles. The van der Waals surface area contributed by atoms with Gasteiger partial charge in [0.05, 0.1) is 0 Å². The Morgan fingerprint density at radius 1 is 1.42 bits per heavy atom. The van der Waals surface area contributed by atoms with Gasteiger partial charge in [-0.1, -0.05) is 0 Å². The van der Waals surface area contributed by atoms with Crippen LogP contribution in [0.1, 0.15) is 6.92 Å². The number of carboxylic acid groups (broad SMARTS) is 1. The lowest BCUT2D eigenvalue weighted by atomic mass is 10.4. The number of aldehydes is 2. The van der Waals surface area contributed by atoms with Gasteiger partial charge in [-0.3, -0.25) is 14.4 Å². The maximum absolute atomic E-state index is 9.57. The normalized spacial score (nSPS) is 8.83. The highest BCUT2D eigenvalue weighted by Crippen LogP contribution is 1.68. The largest absolute Gasteiger partial charge is 0.480 e. The van der Waals surface area contributed by atoms with Crippen LogP contribution in [0.25, 0.3) is 0 Å². The van der Waals surface area contributed by atoms with E-state index in [0.717, 1.165) is 0 Å². The molecule has 0 aliphatic rings. The number of rotatable bonds is 2. The highest BCUT2D eigenvalue weighted by atomic mass is 16.4. The van der Waals surface area contributed by atoms with E-state index in [1.165, 1.54) is 6.92 Å². The third-order valence-corrected chi connectivity index (χ3v) is 0.445. The van der Waals surface area contributed by atoms with E-state index in [1.807, 2.05) is 6.79 Å². The van der Waals surface area contributed by atoms with Crippen LogP contribution >= 0.6 is 0 Å². The van der Waals surface area contributed by atoms with E-state index in [1.54, 1.807) is 0 Å². The summed E-state index contributed by atoms with van der Waals surface area (Å²) in [6.45, 7) is 3.42. The van der Waals surface area contributed by atoms with E-state index in [2.05, 4.69) is 0 Å². The van der Waals surface area contributed by atoms with Gasteiger partial charge in [0.1, 0.15) is 12.8 Å². The van der Waals surface area contributed by atoms with Crippen LogP contribution < -0.4 is 5.73 Å². The zero-order valence-electron chi connectivity index (χ0n) is 6.60. The summed E-state index contributed by atoms with van der Waals surface area (Å²) in [6, 6.07) is -0.731. The first-order chi connectivity index (χ1) is 5.56. The van der Waals surface area contributed by atoms with Crippen molar-refractivity contribution in [3.8, 4) is 0 Å². The fourth-order valence-corrected chi connectivity index (χ4v) is 0. The standard InChI is InChI=1S/C3H7NO2.C2H2O2.CH2O/c1-2(4)3(5)6;3-1-2-4;1-2/h2H,4H2,1H3,(H,5,6);1-2H;1H2. The van der Waals surface area contributed by atoms with Crippen LogP contribution in [-0.4, -0.2) is 36.5 Å². The summed E-state index contributed by atoms with van der Waals surface area (Å²) >= 11 is 0. The van der Waals surface area contributed by atoms with Crippen molar-refractivity contribution in [2.75, 3.05) is 0 Å². The minimum Gasteiger partial charge on any atom is -0.480 e. The summed E-state index contributed by atoms with van der Waals surface area (Å²) in [4.78, 5) is 35.2. The van der Waals surface area contributed by atoms with Gasteiger partial charge in [-0.15, -0.1) is 0 Å². The van der Waals surface area contributed by atoms with E-state index in [9.17, 15) is 4.79 Å². The summed E-state index contributed by atoms with van der Waals surface area (Å²) in [6.07, 6.45) is 0.389. The molecule has 0 aliphatic carbocycles. The zero-order chi connectivity index (χ0) is 10.6. The van der Waals surface area contributed by atoms with Crippen molar-refractivity contribution in [3.63, 3.8) is 0 Å². The average molecular weight is 177 g/mol. The Labute approximate surface area is 69.4 Å². The van der Waals surface area contributed by atoms with Crippen molar-refractivity contribution < 1.29 is 24.3 Å². The topological polar surface area (TPSA) is 115 Å². The van der Waals surface area contributed by atoms with Crippen molar-refractivity contribution in [2.45, 2.75) is 13.0 Å². The van der Waals surface area contributed by atoms with Gasteiger partial charge in [0.25, 0.3) is 0 Å². The number of hydrogen-bond acceptors (Lipinski definition) is 5. The molecule has 0 saturated heterocycles. The molecule has 0 rings (SSSR count). The predicted molar refractivity (Wildman–Crippen MR) is 40.5 cm³/mol. The van der Waals surface area contributed by atoms with Gasteiger partial charge < -0.3 is 15.6 Å². The van der Waals surface area contributed by atoms with Crippen LogP contribution in [-0.2, 0) is 19.2 Å². The molecule has 0 spiro atoms. The van der Waals surface area contributed by atoms with E-state index in [4.69, 9.17) is 25.2 Å². The number of carbonyl (C=O) groups excluding carboxylic acids is 3. The lowest BCUT2D eigenvalue weighted by Gasteiger charge is -1.90. The molecule has 0 aromatic rings. The molecule has 1 unspecified atom stereocenters. The quantitative estimate of drug-likeness (QED) is 0.396. The summed E-state index contributed by atoms with van der Waals surface area (Å²) in [5.74, 6) is -0.963. The number of hydrogen-bond donors (Lipinski definition) is 2. The molecule has 0 bridgehead atoms. The molecule has 0 saturated carbocycles. The summed E-state index contributed by atoms with van der Waals surface area (Å²) in [5, 5.41) is 7.87. The molecule has 6 nitrogen and oxygen atoms in total. The van der Waals surface area contributed by atoms with E-state index >= 15 is 0 Å². The molecule has 0 aromatic carbocycles. The van der Waals surface area contributed by atoms with Gasteiger partial charge in [-0.2, -0.15) is 0 Å². The monoisotopic (exact) mass is 177 g/mol. The molecular weight excluding hydrogens is 166 g/mol. The van der Waals surface area contributed by atoms with Crippen molar-refractivity contribution in [1.29, 1.82) is 0 Å². The van der Waals surface area contributed by atoms with Crippen molar-refractivity contribution in [2.24, 2.45) is 5.73 Å². The SMILES string of the molecule is C=O.CC(N)C(=O)O.O=CC=O. The second kappa shape index (κ2) is 16.2. The Morgan fingerprint density at radius 2 is 1.58 bits per heavy atom. The van der Waals surface area contributed by atoms with Crippen molar-refractivity contribution in [1.82, 2.24) is 0 Å². The maximum Gasteiger partial charge on any atom is 0.320 e. The van der Waals surface area contributed by atoms with Crippen molar-refractivity contribution >= 4 is 25.3 Å². The van der Waals surface area contributed by atoms with Gasteiger partial charge in [0.2, 0.25) is 0 Å². The first-order valence-electron chi connectivity index (χ1n) is 2.72. The Kier molecular flexibility index (Phi) is 22.7. The Balaban J connectivity index is -0.000000118. The minimum atomic E-state index is -0.963. The third-order valence-electron chi connectivity index (χ3n) is 0.445. The number of carboxylic acids is 1. The van der Waals surface area contributed by atoms with Gasteiger partial charge in [-0.05, 0) is 6.92 Å². The summed E-state index contributed by atoms with van der Waals surface area (Å²) in [5.41, 5.74) is 4.84. The fourth-order valence-electron chi connectivity index (χ4n) is 0. The van der Waals surface area contributed by atoms with Crippen LogP contribution in [0, 0.1) is 0 Å². The third kappa shape index (κ3) is 39.5. The molecule has 0 heterocycles. The highest BCUT2D eigenvalue weighted by molar-refractivity contribution is 6.09. The van der Waals surface area contributed by atoms with Gasteiger partial charge >= 0.3 is 5.97 Å². The number of aliphatic carboxylic acids is 1. The minimum absolute atomic E-state index is 0.194. The first kappa shape index (κ1) is 16.8. The van der Waals surface area contributed by atoms with Gasteiger partial charge in [0, 0.05) is 0 Å². The Morgan fingerprint density at radius 3 is 1.58 bits per heavy atom. The molecule has 1 atom stereocenters. The lowest BCUT2D eigenvalue weighted by Crippen LogP contribution is -2.25. The molecule has 0 fully saturated rings. The van der Waals surface area contributed by atoms with Crippen LogP contribution in [0.5, 0.6) is 0 Å². The number of nitrogens with two attached hydrogens (primary N) is 1. The van der Waals surface area contributed by atoms with E-state index in [0.29, 0.717) is 0 Å². The van der Waals surface area contributed by atoms with Crippen LogP contribution in [0.4, 0.5) is 0 Å². The smallest absolute Gasteiger partial charge is 0.320 e. The second-order valence-corrected chi connectivity index (χ2v) is 1.40. The molecule has 6 heteroatoms. The first-order valence-corrected chi connectivity index (χ1v) is 2.72. The van der Waals surface area contributed by atoms with Crippen molar-refractivity contribution in [3.05, 3.63) is 0 Å². The molecule has 70 valence electrons. The highest BCUT2D eigenvalue weighted by Gasteiger charge is 1.99. The number of carbonyl (C=O) groups is 4. The Hall–Kier alpha value is -1.56. The maximum atomic E-state index is 9.57. The van der Waals surface area contributed by atoms with Crippen LogP contribution in [0.3, 0.4) is 0 Å². The molecule has 0 aromatic heterocycles. The molecule has 0 radical (unpaired) electrons. The summed E-state index contributed by atoms with van der Waals surface area (Å²) in [7, 11) is 0. The zero-order valence-corrected chi connectivity index (χ0v) is 6.60. The summed E-state index contributed by atoms with van der Waals surface area (Å²) < 4.78 is 0. The fraction of sp³-hybridized carbons (Fsp3) is 0.333. The predicted octanol–water partition coefficient (Wildman–Crippen LogP) is -1.38. The molecule has 0 amide bonds. The van der Waals surface area contributed by atoms with E-state index in [-0.39, 0.29) is 12.6 Å². The van der Waals surface area contributed by atoms with Gasteiger partial charge in [0.15, 0.2) is 12.6 Å². The molecule has 3 N–H and O–H groups in total. The molecule has 12 heavy (non-hydrogen) atoms. The Bertz CT molecular complexity index is 128. The second-order valence-electron chi connectivity index (χ2n) is 1.40.